The van der Waals surface area contributed by atoms with Gasteiger partial charge in [0.25, 0.3) is 0 Å². The van der Waals surface area contributed by atoms with Crippen molar-refractivity contribution >= 4 is 22.8 Å². The number of allylic oxidation sites excluding steroid dienone is 2. The first-order valence-corrected chi connectivity index (χ1v) is 9.36. The van der Waals surface area contributed by atoms with Gasteiger partial charge in [-0.1, -0.05) is 0 Å². The Kier molecular flexibility index (Phi) is 5.45. The maximum absolute atomic E-state index is 8.30. The number of ether oxygens (including phenoxy) is 1. The Labute approximate surface area is 155 Å². The molecule has 0 unspecified atom stereocenters. The number of nitrogens with zero attached hydrogens (tertiary/aromatic N) is 2. The van der Waals surface area contributed by atoms with Crippen molar-refractivity contribution in [3.05, 3.63) is 46.9 Å². The second-order valence-electron chi connectivity index (χ2n) is 6.85. The lowest BCUT2D eigenvalue weighted by molar-refractivity contribution is 0.249. The summed E-state index contributed by atoms with van der Waals surface area (Å²) in [7, 11) is 0. The first-order valence-electron chi connectivity index (χ1n) is 9.36. The molecule has 0 amide bonds. The minimum atomic E-state index is 0.414. The Bertz CT molecular complexity index is 798. The summed E-state index contributed by atoms with van der Waals surface area (Å²) in [5.74, 6) is 0.580. The van der Waals surface area contributed by atoms with Crippen molar-refractivity contribution in [2.24, 2.45) is 4.99 Å². The van der Waals surface area contributed by atoms with Crippen LogP contribution in [0.15, 0.2) is 40.7 Å². The number of aliphatic imine (C=N–C) groups is 1. The molecule has 1 saturated heterocycles. The van der Waals surface area contributed by atoms with E-state index < -0.39 is 0 Å². The minimum absolute atomic E-state index is 0.414. The highest BCUT2D eigenvalue weighted by atomic mass is 16.5. The molecule has 1 aromatic carbocycles. The van der Waals surface area contributed by atoms with Gasteiger partial charge in [0.2, 0.25) is 0 Å². The number of piperidine rings is 1. The van der Waals surface area contributed by atoms with Crippen LogP contribution in [0.2, 0.25) is 0 Å². The van der Waals surface area contributed by atoms with Crippen LogP contribution in [0.3, 0.4) is 0 Å². The quantitative estimate of drug-likeness (QED) is 0.627. The zero-order valence-corrected chi connectivity index (χ0v) is 15.9. The van der Waals surface area contributed by atoms with E-state index in [-0.39, 0.29) is 0 Å². The first kappa shape index (κ1) is 18.2. The van der Waals surface area contributed by atoms with E-state index in [4.69, 9.17) is 20.9 Å². The Balaban J connectivity index is 2.04. The van der Waals surface area contributed by atoms with Gasteiger partial charge in [-0.15, -0.1) is 0 Å². The van der Waals surface area contributed by atoms with Crippen molar-refractivity contribution in [1.82, 2.24) is 4.90 Å². The van der Waals surface area contributed by atoms with E-state index in [0.717, 1.165) is 47.0 Å². The van der Waals surface area contributed by atoms with Crippen molar-refractivity contribution in [2.45, 2.75) is 40.0 Å². The fraction of sp³-hybridized carbons (Fsp3) is 0.429. The van der Waals surface area contributed by atoms with Crippen molar-refractivity contribution in [2.75, 3.05) is 25.4 Å². The number of nitrogens with one attached hydrogen (secondary N) is 1. The summed E-state index contributed by atoms with van der Waals surface area (Å²) in [5.41, 5.74) is 12.2. The number of likely N-dealkylation sites (tertiary alicyclic amines) is 1. The van der Waals surface area contributed by atoms with Crippen molar-refractivity contribution in [3.63, 3.8) is 0 Å². The van der Waals surface area contributed by atoms with Crippen molar-refractivity contribution < 1.29 is 4.74 Å². The van der Waals surface area contributed by atoms with Gasteiger partial charge in [0.05, 0.1) is 29.4 Å². The molecule has 5 heteroatoms. The third-order valence-corrected chi connectivity index (χ3v) is 5.11. The summed E-state index contributed by atoms with van der Waals surface area (Å²) < 4.78 is 5.64. The van der Waals surface area contributed by atoms with Crippen LogP contribution in [0.4, 0.5) is 11.4 Å². The minimum Gasteiger partial charge on any atom is -0.492 e. The van der Waals surface area contributed by atoms with E-state index in [1.165, 1.54) is 19.3 Å². The lowest BCUT2D eigenvalue weighted by Gasteiger charge is -2.32. The van der Waals surface area contributed by atoms with E-state index >= 15 is 0 Å². The highest BCUT2D eigenvalue weighted by Gasteiger charge is 2.23. The molecule has 1 aliphatic carbocycles. The molecule has 26 heavy (non-hydrogen) atoms. The predicted octanol–water partition coefficient (Wildman–Crippen LogP) is 4.28. The standard InChI is InChI=1S/C21H28N4O/c1-4-26-21-13-19(24-18-9-8-16(22)14(2)15(18)3)20(12-17(21)23)25-10-6-5-7-11-25/h8-9,12-13,23H,4-7,10-11,22H2,1-3H3. The molecule has 0 radical (unpaired) electrons. The Morgan fingerprint density at radius 3 is 2.54 bits per heavy atom. The number of hydrogen-bond acceptors (Lipinski definition) is 5. The van der Waals surface area contributed by atoms with Gasteiger partial charge in [-0.05, 0) is 69.4 Å². The lowest BCUT2D eigenvalue weighted by Crippen LogP contribution is -2.34. The molecular formula is C21H28N4O. The lowest BCUT2D eigenvalue weighted by atomic mass is 10.0. The third kappa shape index (κ3) is 3.66. The molecular weight excluding hydrogens is 324 g/mol. The average molecular weight is 352 g/mol. The second kappa shape index (κ2) is 7.77. The van der Waals surface area contributed by atoms with E-state index in [9.17, 15) is 0 Å². The molecule has 2 aliphatic rings. The maximum atomic E-state index is 8.30. The summed E-state index contributed by atoms with van der Waals surface area (Å²) in [5, 5.41) is 8.30. The van der Waals surface area contributed by atoms with Gasteiger partial charge in [0, 0.05) is 24.9 Å². The summed E-state index contributed by atoms with van der Waals surface area (Å²) in [6, 6.07) is 3.87. The number of benzene rings is 1. The monoisotopic (exact) mass is 352 g/mol. The first-order chi connectivity index (χ1) is 12.5. The average Bonchev–Trinajstić information content (AvgIpc) is 2.65. The molecule has 1 fully saturated rings. The number of rotatable bonds is 4. The molecule has 0 spiro atoms. The Morgan fingerprint density at radius 1 is 1.12 bits per heavy atom. The van der Waals surface area contributed by atoms with Crippen molar-refractivity contribution in [3.8, 4) is 0 Å². The van der Waals surface area contributed by atoms with Gasteiger partial charge in [0.1, 0.15) is 5.76 Å². The van der Waals surface area contributed by atoms with E-state index in [2.05, 4.69) is 4.90 Å². The van der Waals surface area contributed by atoms with Crippen molar-refractivity contribution in [1.29, 1.82) is 5.41 Å². The molecule has 0 bridgehead atoms. The maximum Gasteiger partial charge on any atom is 0.146 e. The zero-order chi connectivity index (χ0) is 18.7. The largest absolute Gasteiger partial charge is 0.492 e. The van der Waals surface area contributed by atoms with Crippen LogP contribution in [-0.4, -0.2) is 36.0 Å². The zero-order valence-electron chi connectivity index (χ0n) is 15.9. The fourth-order valence-electron chi connectivity index (χ4n) is 3.39. The highest BCUT2D eigenvalue weighted by molar-refractivity contribution is 6.22. The predicted molar refractivity (Wildman–Crippen MR) is 108 cm³/mol. The van der Waals surface area contributed by atoms with Crippen LogP contribution < -0.4 is 5.73 Å². The van der Waals surface area contributed by atoms with Gasteiger partial charge >= 0.3 is 0 Å². The molecule has 138 valence electrons. The summed E-state index contributed by atoms with van der Waals surface area (Å²) in [4.78, 5) is 7.28. The number of hydrogen-bond donors (Lipinski definition) is 2. The van der Waals surface area contributed by atoms with Crippen LogP contribution >= 0.6 is 0 Å². The SMILES string of the molecule is CCOC1=CC(=Nc2ccc(N)c(C)c2C)C(N2CCCCC2)=CC1=N. The van der Waals surface area contributed by atoms with Gasteiger partial charge in [-0.3, -0.25) is 5.41 Å². The van der Waals surface area contributed by atoms with Gasteiger partial charge in [0.15, 0.2) is 0 Å². The molecule has 1 aliphatic heterocycles. The third-order valence-electron chi connectivity index (χ3n) is 5.11. The van der Waals surface area contributed by atoms with Crippen LogP contribution in [0.1, 0.15) is 37.3 Å². The smallest absolute Gasteiger partial charge is 0.146 e. The normalized spacial score (nSPS) is 19.4. The Morgan fingerprint density at radius 2 is 1.85 bits per heavy atom. The van der Waals surface area contributed by atoms with Crippen LogP contribution in [-0.2, 0) is 4.74 Å². The van der Waals surface area contributed by atoms with Crippen LogP contribution in [0.5, 0.6) is 0 Å². The molecule has 5 nitrogen and oxygen atoms in total. The highest BCUT2D eigenvalue weighted by Crippen LogP contribution is 2.29. The molecule has 3 rings (SSSR count). The van der Waals surface area contributed by atoms with Crippen LogP contribution in [0, 0.1) is 19.3 Å². The summed E-state index contributed by atoms with van der Waals surface area (Å²) in [6.07, 6.45) is 7.43. The molecule has 0 saturated carbocycles. The van der Waals surface area contributed by atoms with Crippen LogP contribution in [0.25, 0.3) is 0 Å². The molecule has 0 atom stereocenters. The van der Waals surface area contributed by atoms with E-state index in [0.29, 0.717) is 18.1 Å². The topological polar surface area (TPSA) is 74.7 Å². The molecule has 3 N–H and O–H groups in total. The molecule has 1 aromatic rings. The molecule has 1 heterocycles. The van der Waals surface area contributed by atoms with Gasteiger partial charge < -0.3 is 15.4 Å². The fourth-order valence-corrected chi connectivity index (χ4v) is 3.39. The van der Waals surface area contributed by atoms with Gasteiger partial charge in [-0.25, -0.2) is 4.99 Å². The summed E-state index contributed by atoms with van der Waals surface area (Å²) in [6.45, 7) is 8.56. The van der Waals surface area contributed by atoms with E-state index in [1.54, 1.807) is 0 Å². The Hall–Kier alpha value is -2.56. The second-order valence-corrected chi connectivity index (χ2v) is 6.85. The number of anilines is 1. The number of nitrogen functional groups attached to an aromatic ring is 1. The summed E-state index contributed by atoms with van der Waals surface area (Å²) >= 11 is 0. The van der Waals surface area contributed by atoms with E-state index in [1.807, 2.05) is 45.1 Å². The van der Waals surface area contributed by atoms with Gasteiger partial charge in [-0.2, -0.15) is 0 Å². The molecule has 0 aromatic heterocycles. The number of nitrogens with two attached hydrogens (primary N) is 1.